The summed E-state index contributed by atoms with van der Waals surface area (Å²) in [5.41, 5.74) is -0.394. The summed E-state index contributed by atoms with van der Waals surface area (Å²) in [7, 11) is 1.74. The van der Waals surface area contributed by atoms with E-state index in [0.29, 0.717) is 13.1 Å². The van der Waals surface area contributed by atoms with Crippen LogP contribution in [-0.2, 0) is 0 Å². The van der Waals surface area contributed by atoms with Crippen molar-refractivity contribution in [3.63, 3.8) is 0 Å². The van der Waals surface area contributed by atoms with E-state index in [0.717, 1.165) is 0 Å². The molecule has 0 aromatic heterocycles. The van der Waals surface area contributed by atoms with Crippen LogP contribution in [0.2, 0.25) is 5.02 Å². The molecule has 0 spiro atoms. The van der Waals surface area contributed by atoms with Crippen LogP contribution < -0.4 is 10.6 Å². The Labute approximate surface area is 103 Å². The Bertz CT molecular complexity index is 437. The quantitative estimate of drug-likeness (QED) is 0.472. The number of nitrogens with zero attached hydrogens (tertiary/aromatic N) is 1. The Morgan fingerprint density at radius 3 is 2.76 bits per heavy atom. The Hall–Kier alpha value is -1.66. The molecule has 1 amide bonds. The average molecular weight is 258 g/mol. The van der Waals surface area contributed by atoms with Crippen molar-refractivity contribution >= 4 is 23.2 Å². The molecule has 1 aromatic rings. The van der Waals surface area contributed by atoms with Crippen molar-refractivity contribution in [2.45, 2.75) is 0 Å². The molecule has 7 heteroatoms. The largest absolute Gasteiger partial charge is 0.350 e. The van der Waals surface area contributed by atoms with Gasteiger partial charge in [-0.1, -0.05) is 17.7 Å². The molecule has 2 N–H and O–H groups in total. The maximum absolute atomic E-state index is 11.7. The summed E-state index contributed by atoms with van der Waals surface area (Å²) < 4.78 is 0. The number of nitro benzene ring substituents is 1. The Kier molecular flexibility index (Phi) is 4.86. The van der Waals surface area contributed by atoms with Gasteiger partial charge in [0.25, 0.3) is 11.6 Å². The highest BCUT2D eigenvalue weighted by molar-refractivity contribution is 6.34. The molecule has 1 rings (SSSR count). The van der Waals surface area contributed by atoms with Gasteiger partial charge >= 0.3 is 0 Å². The van der Waals surface area contributed by atoms with Crippen LogP contribution in [-0.4, -0.2) is 31.0 Å². The first-order chi connectivity index (χ1) is 8.07. The fourth-order valence-electron chi connectivity index (χ4n) is 1.28. The van der Waals surface area contributed by atoms with Crippen molar-refractivity contribution in [2.75, 3.05) is 20.1 Å². The average Bonchev–Trinajstić information content (AvgIpc) is 2.28. The van der Waals surface area contributed by atoms with Crippen LogP contribution >= 0.6 is 11.6 Å². The van der Waals surface area contributed by atoms with Crippen LogP contribution in [0, 0.1) is 10.1 Å². The topological polar surface area (TPSA) is 84.3 Å². The number of carbonyl (C=O) groups excluding carboxylic acids is 1. The minimum Gasteiger partial charge on any atom is -0.350 e. The molecule has 0 aliphatic rings. The second-order valence-electron chi connectivity index (χ2n) is 3.25. The van der Waals surface area contributed by atoms with E-state index in [1.165, 1.54) is 18.2 Å². The number of halogens is 1. The van der Waals surface area contributed by atoms with Gasteiger partial charge in [0.05, 0.1) is 9.95 Å². The third-order valence-electron chi connectivity index (χ3n) is 2.08. The lowest BCUT2D eigenvalue weighted by molar-refractivity contribution is -0.385. The van der Waals surface area contributed by atoms with Crippen LogP contribution in [0.4, 0.5) is 5.69 Å². The normalized spacial score (nSPS) is 10.0. The Morgan fingerprint density at radius 1 is 1.47 bits per heavy atom. The maximum atomic E-state index is 11.7. The number of hydrogen-bond acceptors (Lipinski definition) is 4. The SMILES string of the molecule is CNCCNC(=O)c1c(Cl)cccc1[N+](=O)[O-]. The van der Waals surface area contributed by atoms with Crippen molar-refractivity contribution in [3.8, 4) is 0 Å². The molecule has 0 saturated carbocycles. The van der Waals surface area contributed by atoms with Gasteiger partial charge < -0.3 is 10.6 Å². The summed E-state index contributed by atoms with van der Waals surface area (Å²) in [5, 5.41) is 16.2. The molecule has 0 unspecified atom stereocenters. The monoisotopic (exact) mass is 257 g/mol. The number of nitro groups is 1. The molecule has 17 heavy (non-hydrogen) atoms. The van der Waals surface area contributed by atoms with E-state index < -0.39 is 10.8 Å². The van der Waals surface area contributed by atoms with Crippen molar-refractivity contribution in [1.29, 1.82) is 0 Å². The van der Waals surface area contributed by atoms with Crippen LogP contribution in [0.3, 0.4) is 0 Å². The standard InChI is InChI=1S/C10H12ClN3O3/c1-12-5-6-13-10(15)9-7(11)3-2-4-8(9)14(16)17/h2-4,12H,5-6H2,1H3,(H,13,15). The van der Waals surface area contributed by atoms with Crippen molar-refractivity contribution < 1.29 is 9.72 Å². The minimum atomic E-state index is -0.626. The molecule has 92 valence electrons. The first-order valence-corrected chi connectivity index (χ1v) is 5.31. The lowest BCUT2D eigenvalue weighted by Gasteiger charge is -2.06. The fraction of sp³-hybridized carbons (Fsp3) is 0.300. The third kappa shape index (κ3) is 3.40. The summed E-state index contributed by atoms with van der Waals surface area (Å²) in [4.78, 5) is 21.9. The first-order valence-electron chi connectivity index (χ1n) is 4.93. The molecule has 0 radical (unpaired) electrons. The predicted octanol–water partition coefficient (Wildman–Crippen LogP) is 1.20. The smallest absolute Gasteiger partial charge is 0.283 e. The zero-order chi connectivity index (χ0) is 12.8. The summed E-state index contributed by atoms with van der Waals surface area (Å²) in [6, 6.07) is 4.13. The van der Waals surface area contributed by atoms with Gasteiger partial charge in [-0.05, 0) is 13.1 Å². The number of amides is 1. The zero-order valence-corrected chi connectivity index (χ0v) is 9.95. The van der Waals surface area contributed by atoms with E-state index >= 15 is 0 Å². The maximum Gasteiger partial charge on any atom is 0.283 e. The van der Waals surface area contributed by atoms with E-state index in [9.17, 15) is 14.9 Å². The summed E-state index contributed by atoms with van der Waals surface area (Å²) in [6.07, 6.45) is 0. The van der Waals surface area contributed by atoms with Gasteiger partial charge in [0.2, 0.25) is 0 Å². The molecule has 0 saturated heterocycles. The lowest BCUT2D eigenvalue weighted by Crippen LogP contribution is -2.31. The van der Waals surface area contributed by atoms with E-state index in [-0.39, 0.29) is 16.3 Å². The van der Waals surface area contributed by atoms with Gasteiger partial charge in [0, 0.05) is 19.2 Å². The highest BCUT2D eigenvalue weighted by atomic mass is 35.5. The van der Waals surface area contributed by atoms with Gasteiger partial charge in [0.1, 0.15) is 5.56 Å². The molecule has 0 bridgehead atoms. The highest BCUT2D eigenvalue weighted by Gasteiger charge is 2.22. The highest BCUT2D eigenvalue weighted by Crippen LogP contribution is 2.25. The Morgan fingerprint density at radius 2 is 2.18 bits per heavy atom. The zero-order valence-electron chi connectivity index (χ0n) is 9.20. The van der Waals surface area contributed by atoms with Crippen LogP contribution in [0.1, 0.15) is 10.4 Å². The van der Waals surface area contributed by atoms with E-state index in [2.05, 4.69) is 10.6 Å². The number of hydrogen-bond donors (Lipinski definition) is 2. The summed E-state index contributed by atoms with van der Waals surface area (Å²) in [6.45, 7) is 0.946. The first kappa shape index (κ1) is 13.4. The third-order valence-corrected chi connectivity index (χ3v) is 2.39. The van der Waals surface area contributed by atoms with E-state index in [1.807, 2.05) is 0 Å². The van der Waals surface area contributed by atoms with Crippen LogP contribution in [0.15, 0.2) is 18.2 Å². The molecule has 0 heterocycles. The number of nitrogens with one attached hydrogen (secondary N) is 2. The Balaban J connectivity index is 2.95. The van der Waals surface area contributed by atoms with Gasteiger partial charge in [-0.3, -0.25) is 14.9 Å². The number of rotatable bonds is 5. The van der Waals surface area contributed by atoms with E-state index in [1.54, 1.807) is 7.05 Å². The number of likely N-dealkylation sites (N-methyl/N-ethyl adjacent to an activating group) is 1. The van der Waals surface area contributed by atoms with Crippen molar-refractivity contribution in [3.05, 3.63) is 38.9 Å². The second-order valence-corrected chi connectivity index (χ2v) is 3.66. The molecular weight excluding hydrogens is 246 g/mol. The molecule has 1 aromatic carbocycles. The fourth-order valence-corrected chi connectivity index (χ4v) is 1.53. The molecule has 0 fully saturated rings. The molecule has 0 atom stereocenters. The van der Waals surface area contributed by atoms with Gasteiger partial charge in [-0.2, -0.15) is 0 Å². The van der Waals surface area contributed by atoms with Crippen molar-refractivity contribution in [2.24, 2.45) is 0 Å². The number of carbonyl (C=O) groups is 1. The lowest BCUT2D eigenvalue weighted by atomic mass is 10.1. The summed E-state index contributed by atoms with van der Waals surface area (Å²) in [5.74, 6) is -0.544. The molecule has 6 nitrogen and oxygen atoms in total. The van der Waals surface area contributed by atoms with Gasteiger partial charge in [-0.25, -0.2) is 0 Å². The predicted molar refractivity (Wildman–Crippen MR) is 64.4 cm³/mol. The summed E-state index contributed by atoms with van der Waals surface area (Å²) >= 11 is 5.80. The van der Waals surface area contributed by atoms with Gasteiger partial charge in [-0.15, -0.1) is 0 Å². The number of benzene rings is 1. The van der Waals surface area contributed by atoms with Crippen LogP contribution in [0.5, 0.6) is 0 Å². The second kappa shape index (κ2) is 6.17. The molecule has 0 aliphatic carbocycles. The minimum absolute atomic E-state index is 0.0705. The van der Waals surface area contributed by atoms with Crippen molar-refractivity contribution in [1.82, 2.24) is 10.6 Å². The molecule has 0 aliphatic heterocycles. The van der Waals surface area contributed by atoms with E-state index in [4.69, 9.17) is 11.6 Å². The van der Waals surface area contributed by atoms with Crippen LogP contribution in [0.25, 0.3) is 0 Å². The molecular formula is C10H12ClN3O3. The van der Waals surface area contributed by atoms with Gasteiger partial charge in [0.15, 0.2) is 0 Å².